The van der Waals surface area contributed by atoms with Gasteiger partial charge in [-0.2, -0.15) is 0 Å². The minimum absolute atomic E-state index is 0.492. The lowest BCUT2D eigenvalue weighted by molar-refractivity contribution is -0.185. The summed E-state index contributed by atoms with van der Waals surface area (Å²) in [6.45, 7) is 2.85. The van der Waals surface area contributed by atoms with Gasteiger partial charge in [0.25, 0.3) is 5.91 Å². The molecule has 0 aliphatic heterocycles. The Bertz CT molecular complexity index is 215. The number of nitrogens with zero attached hydrogens (tertiary/aromatic N) is 1. The highest BCUT2D eigenvalue weighted by Gasteiger charge is 2.34. The number of amides is 2. The second kappa shape index (κ2) is 4.08. The Morgan fingerprint density at radius 1 is 1.38 bits per heavy atom. The van der Waals surface area contributed by atoms with E-state index in [0.29, 0.717) is 0 Å². The molecule has 0 saturated heterocycles. The van der Waals surface area contributed by atoms with Crippen LogP contribution in [0.3, 0.4) is 0 Å². The van der Waals surface area contributed by atoms with Crippen LogP contribution in [0.1, 0.15) is 13.8 Å². The molecule has 2 amide bonds. The van der Waals surface area contributed by atoms with Gasteiger partial charge in [-0.1, -0.05) is 0 Å². The van der Waals surface area contributed by atoms with Crippen molar-refractivity contribution in [2.45, 2.75) is 19.4 Å². The summed E-state index contributed by atoms with van der Waals surface area (Å²) in [6, 6.07) is 0. The molecule has 0 atom stereocenters. The second-order valence-corrected chi connectivity index (χ2v) is 2.92. The number of ether oxygens (including phenoxy) is 1. The molecule has 0 rings (SSSR count). The molecule has 0 radical (unpaired) electrons. The third kappa shape index (κ3) is 3.29. The molecule has 0 heterocycles. The van der Waals surface area contributed by atoms with E-state index in [9.17, 15) is 9.59 Å². The van der Waals surface area contributed by atoms with E-state index >= 15 is 0 Å². The van der Waals surface area contributed by atoms with Crippen molar-refractivity contribution in [3.63, 3.8) is 0 Å². The molecule has 0 aromatic heterocycles. The molecule has 0 aliphatic rings. The van der Waals surface area contributed by atoms with Crippen LogP contribution in [0.25, 0.3) is 0 Å². The van der Waals surface area contributed by atoms with Crippen molar-refractivity contribution < 1.29 is 19.2 Å². The lowest BCUT2D eigenvalue weighted by Gasteiger charge is -2.26. The summed E-state index contributed by atoms with van der Waals surface area (Å²) in [5, 5.41) is 0.961. The molecule has 0 saturated carbocycles. The summed E-state index contributed by atoms with van der Waals surface area (Å²) >= 11 is 0. The zero-order valence-corrected chi connectivity index (χ0v) is 8.16. The minimum Gasteiger partial charge on any atom is -0.433 e. The molecule has 0 spiro atoms. The number of primary amides is 1. The molecule has 0 bridgehead atoms. The number of nitrogens with two attached hydrogens (primary N) is 1. The molecule has 0 fully saturated rings. The van der Waals surface area contributed by atoms with Gasteiger partial charge < -0.3 is 10.5 Å². The van der Waals surface area contributed by atoms with Crippen molar-refractivity contribution in [1.29, 1.82) is 0 Å². The molecular weight excluding hydrogens is 176 g/mol. The van der Waals surface area contributed by atoms with E-state index in [1.165, 1.54) is 28.0 Å². The van der Waals surface area contributed by atoms with Gasteiger partial charge in [-0.25, -0.2) is 9.86 Å². The maximum absolute atomic E-state index is 11.4. The van der Waals surface area contributed by atoms with Gasteiger partial charge in [0.15, 0.2) is 5.60 Å². The molecule has 0 aromatic carbocycles. The lowest BCUT2D eigenvalue weighted by atomic mass is 10.1. The van der Waals surface area contributed by atoms with Crippen LogP contribution < -0.4 is 5.73 Å². The van der Waals surface area contributed by atoms with Crippen molar-refractivity contribution in [3.8, 4) is 0 Å². The standard InChI is InChI=1S/C7H14N2O4/c1-7(2,13-6(8)11)5(10)9(3)12-4/h1-4H3,(H2,8,11). The molecule has 76 valence electrons. The summed E-state index contributed by atoms with van der Waals surface area (Å²) in [5.41, 5.74) is 3.48. The Morgan fingerprint density at radius 3 is 2.15 bits per heavy atom. The number of hydrogen-bond acceptors (Lipinski definition) is 4. The van der Waals surface area contributed by atoms with Gasteiger partial charge in [-0.05, 0) is 13.8 Å². The molecule has 13 heavy (non-hydrogen) atoms. The highest BCUT2D eigenvalue weighted by molar-refractivity contribution is 5.85. The van der Waals surface area contributed by atoms with Gasteiger partial charge in [-0.3, -0.25) is 9.63 Å². The van der Waals surface area contributed by atoms with Gasteiger partial charge in [-0.15, -0.1) is 0 Å². The zero-order chi connectivity index (χ0) is 10.6. The van der Waals surface area contributed by atoms with Gasteiger partial charge in [0.1, 0.15) is 0 Å². The number of hydroxylamine groups is 2. The van der Waals surface area contributed by atoms with E-state index < -0.39 is 17.6 Å². The molecule has 6 nitrogen and oxygen atoms in total. The van der Waals surface area contributed by atoms with Crippen LogP contribution in [-0.4, -0.2) is 36.8 Å². The Labute approximate surface area is 76.5 Å². The van der Waals surface area contributed by atoms with E-state index in [1.807, 2.05) is 0 Å². The first-order valence-corrected chi connectivity index (χ1v) is 3.62. The number of likely N-dealkylation sites (N-methyl/N-ethyl adjacent to an activating group) is 1. The molecule has 0 aliphatic carbocycles. The summed E-state index contributed by atoms with van der Waals surface area (Å²) in [6.07, 6.45) is -0.997. The fourth-order valence-corrected chi connectivity index (χ4v) is 0.757. The Morgan fingerprint density at radius 2 is 1.85 bits per heavy atom. The first-order valence-electron chi connectivity index (χ1n) is 3.62. The third-order valence-electron chi connectivity index (χ3n) is 1.43. The van der Waals surface area contributed by atoms with Gasteiger partial charge >= 0.3 is 6.09 Å². The minimum atomic E-state index is -1.31. The number of carbonyl (C=O) groups is 2. The largest absolute Gasteiger partial charge is 0.433 e. The Hall–Kier alpha value is -1.30. The van der Waals surface area contributed by atoms with Crippen LogP contribution in [0.2, 0.25) is 0 Å². The normalized spacial score (nSPS) is 10.8. The summed E-state index contributed by atoms with van der Waals surface area (Å²) in [7, 11) is 2.74. The molecule has 2 N–H and O–H groups in total. The predicted molar refractivity (Wildman–Crippen MR) is 44.5 cm³/mol. The van der Waals surface area contributed by atoms with Crippen molar-refractivity contribution in [1.82, 2.24) is 5.06 Å². The Kier molecular flexibility index (Phi) is 3.68. The number of hydrogen-bond donors (Lipinski definition) is 1. The first kappa shape index (κ1) is 11.7. The van der Waals surface area contributed by atoms with Crippen LogP contribution in [0.15, 0.2) is 0 Å². The van der Waals surface area contributed by atoms with Crippen molar-refractivity contribution in [2.24, 2.45) is 5.73 Å². The van der Waals surface area contributed by atoms with Crippen LogP contribution in [0, 0.1) is 0 Å². The van der Waals surface area contributed by atoms with Crippen molar-refractivity contribution in [2.75, 3.05) is 14.2 Å². The summed E-state index contributed by atoms with van der Waals surface area (Å²) in [4.78, 5) is 26.4. The maximum Gasteiger partial charge on any atom is 0.405 e. The fraction of sp³-hybridized carbons (Fsp3) is 0.714. The van der Waals surface area contributed by atoms with Crippen molar-refractivity contribution in [3.05, 3.63) is 0 Å². The average Bonchev–Trinajstić information content (AvgIpc) is 1.99. The summed E-state index contributed by atoms with van der Waals surface area (Å²) in [5.74, 6) is -0.492. The van der Waals surface area contributed by atoms with E-state index in [2.05, 4.69) is 9.57 Å². The molecule has 0 unspecified atom stereocenters. The van der Waals surface area contributed by atoms with E-state index in [-0.39, 0.29) is 0 Å². The van der Waals surface area contributed by atoms with Crippen LogP contribution >= 0.6 is 0 Å². The maximum atomic E-state index is 11.4. The number of rotatable bonds is 3. The van der Waals surface area contributed by atoms with E-state index in [0.717, 1.165) is 5.06 Å². The SMILES string of the molecule is CON(C)C(=O)C(C)(C)OC(N)=O. The van der Waals surface area contributed by atoms with E-state index in [4.69, 9.17) is 5.73 Å². The molecular formula is C7H14N2O4. The third-order valence-corrected chi connectivity index (χ3v) is 1.43. The highest BCUT2D eigenvalue weighted by atomic mass is 16.7. The number of carbonyl (C=O) groups excluding carboxylic acids is 2. The monoisotopic (exact) mass is 190 g/mol. The van der Waals surface area contributed by atoms with Crippen LogP contribution in [-0.2, 0) is 14.4 Å². The highest BCUT2D eigenvalue weighted by Crippen LogP contribution is 2.12. The first-order chi connectivity index (χ1) is 5.81. The Balaban J connectivity index is 4.44. The topological polar surface area (TPSA) is 81.9 Å². The van der Waals surface area contributed by atoms with Gasteiger partial charge in [0, 0.05) is 7.05 Å². The van der Waals surface area contributed by atoms with Gasteiger partial charge in [0.05, 0.1) is 7.11 Å². The lowest BCUT2D eigenvalue weighted by Crippen LogP contribution is -2.46. The van der Waals surface area contributed by atoms with Crippen LogP contribution in [0.5, 0.6) is 0 Å². The smallest absolute Gasteiger partial charge is 0.405 e. The van der Waals surface area contributed by atoms with Gasteiger partial charge in [0.2, 0.25) is 0 Å². The predicted octanol–water partition coefficient (Wildman–Crippen LogP) is -0.120. The fourth-order valence-electron chi connectivity index (χ4n) is 0.757. The molecule has 0 aromatic rings. The average molecular weight is 190 g/mol. The molecule has 6 heteroatoms. The quantitative estimate of drug-likeness (QED) is 0.629. The zero-order valence-electron chi connectivity index (χ0n) is 8.16. The second-order valence-electron chi connectivity index (χ2n) is 2.92. The van der Waals surface area contributed by atoms with Crippen molar-refractivity contribution >= 4 is 12.0 Å². The van der Waals surface area contributed by atoms with Crippen LogP contribution in [0.4, 0.5) is 4.79 Å². The summed E-state index contributed by atoms with van der Waals surface area (Å²) < 4.78 is 4.59. The van der Waals surface area contributed by atoms with E-state index in [1.54, 1.807) is 0 Å².